The van der Waals surface area contributed by atoms with Gasteiger partial charge in [0.1, 0.15) is 0 Å². The molecule has 2 N–H and O–H groups in total. The lowest BCUT2D eigenvalue weighted by Gasteiger charge is -2.06. The number of H-pyrrole nitrogens is 1. The number of aryl methyl sites for hydroxylation is 1. The first-order chi connectivity index (χ1) is 9.63. The monoisotopic (exact) mass is 265 g/mol. The number of aromatic amines is 1. The lowest BCUT2D eigenvalue weighted by atomic mass is 10.0. The highest BCUT2D eigenvalue weighted by Gasteiger charge is 2.05. The van der Waals surface area contributed by atoms with Crippen LogP contribution in [0.1, 0.15) is 12.6 Å². The molecule has 0 aliphatic heterocycles. The Morgan fingerprint density at radius 1 is 1.15 bits per heavy atom. The summed E-state index contributed by atoms with van der Waals surface area (Å²) in [5.74, 6) is -0.0664. The molecule has 1 heterocycles. The highest BCUT2D eigenvalue weighted by molar-refractivity contribution is 5.90. The highest BCUT2D eigenvalue weighted by atomic mass is 16.1. The molecule has 1 amide bonds. The second-order valence-electron chi connectivity index (χ2n) is 4.83. The molecule has 0 saturated heterocycles. The maximum Gasteiger partial charge on any atom is 0.221 e. The predicted molar refractivity (Wildman–Crippen MR) is 80.6 cm³/mol. The Morgan fingerprint density at radius 3 is 2.75 bits per heavy atom. The molecule has 0 aliphatic rings. The summed E-state index contributed by atoms with van der Waals surface area (Å²) in [5.41, 5.74) is 5.00. The highest BCUT2D eigenvalue weighted by Crippen LogP contribution is 2.26. The van der Waals surface area contributed by atoms with Crippen LogP contribution >= 0.6 is 0 Å². The number of hydrogen-bond acceptors (Lipinski definition) is 2. The van der Waals surface area contributed by atoms with Gasteiger partial charge in [0.25, 0.3) is 0 Å². The van der Waals surface area contributed by atoms with Gasteiger partial charge < -0.3 is 5.32 Å². The van der Waals surface area contributed by atoms with Crippen molar-refractivity contribution >= 4 is 22.5 Å². The molecule has 100 valence electrons. The van der Waals surface area contributed by atoms with E-state index in [0.717, 1.165) is 33.4 Å². The number of amides is 1. The van der Waals surface area contributed by atoms with E-state index in [4.69, 9.17) is 0 Å². The van der Waals surface area contributed by atoms with Gasteiger partial charge in [-0.05, 0) is 42.3 Å². The van der Waals surface area contributed by atoms with E-state index < -0.39 is 0 Å². The van der Waals surface area contributed by atoms with Crippen molar-refractivity contribution in [3.63, 3.8) is 0 Å². The molecular formula is C16H15N3O. The van der Waals surface area contributed by atoms with Crippen molar-refractivity contribution in [2.75, 3.05) is 5.32 Å². The van der Waals surface area contributed by atoms with E-state index in [2.05, 4.69) is 21.6 Å². The molecule has 2 aromatic carbocycles. The van der Waals surface area contributed by atoms with Gasteiger partial charge in [-0.25, -0.2) is 0 Å². The molecule has 1 aromatic heterocycles. The molecule has 4 nitrogen and oxygen atoms in total. The van der Waals surface area contributed by atoms with Gasteiger partial charge in [0.2, 0.25) is 5.91 Å². The van der Waals surface area contributed by atoms with Crippen LogP contribution in [0.15, 0.2) is 42.5 Å². The van der Waals surface area contributed by atoms with Crippen molar-refractivity contribution in [1.82, 2.24) is 10.2 Å². The van der Waals surface area contributed by atoms with E-state index in [0.29, 0.717) is 0 Å². The van der Waals surface area contributed by atoms with Gasteiger partial charge in [0, 0.05) is 18.0 Å². The van der Waals surface area contributed by atoms with E-state index in [1.54, 1.807) is 0 Å². The fraction of sp³-hybridized carbons (Fsp3) is 0.125. The summed E-state index contributed by atoms with van der Waals surface area (Å²) in [6.07, 6.45) is 0. The Kier molecular flexibility index (Phi) is 2.99. The topological polar surface area (TPSA) is 57.8 Å². The third-order valence-corrected chi connectivity index (χ3v) is 3.27. The zero-order valence-electron chi connectivity index (χ0n) is 11.4. The van der Waals surface area contributed by atoms with Gasteiger partial charge >= 0.3 is 0 Å². The first kappa shape index (κ1) is 12.4. The Morgan fingerprint density at radius 2 is 1.95 bits per heavy atom. The quantitative estimate of drug-likeness (QED) is 0.745. The van der Waals surface area contributed by atoms with Gasteiger partial charge in [-0.3, -0.25) is 9.89 Å². The third-order valence-electron chi connectivity index (χ3n) is 3.27. The summed E-state index contributed by atoms with van der Waals surface area (Å²) in [5, 5.41) is 11.1. The van der Waals surface area contributed by atoms with Crippen molar-refractivity contribution in [2.45, 2.75) is 13.8 Å². The summed E-state index contributed by atoms with van der Waals surface area (Å²) in [6.45, 7) is 3.49. The Labute approximate surface area is 116 Å². The maximum absolute atomic E-state index is 11.1. The van der Waals surface area contributed by atoms with Crippen LogP contribution in [-0.2, 0) is 4.79 Å². The zero-order chi connectivity index (χ0) is 14.1. The molecule has 0 atom stereocenters. The Balaban J connectivity index is 2.05. The summed E-state index contributed by atoms with van der Waals surface area (Å²) in [7, 11) is 0. The molecule has 0 radical (unpaired) electrons. The molecule has 20 heavy (non-hydrogen) atoms. The molecule has 0 fully saturated rings. The van der Waals surface area contributed by atoms with Crippen LogP contribution in [0.5, 0.6) is 0 Å². The van der Waals surface area contributed by atoms with Crippen LogP contribution in [0.2, 0.25) is 0 Å². The minimum Gasteiger partial charge on any atom is -0.326 e. The standard InChI is InChI=1S/C16H15N3O/c1-10-15-9-13(6-7-16(15)19-18-10)12-4-3-5-14(8-12)17-11(2)20/h3-9H,1-2H3,(H,17,20)(H,18,19). The molecule has 3 aromatic rings. The normalized spacial score (nSPS) is 10.7. The summed E-state index contributed by atoms with van der Waals surface area (Å²) in [4.78, 5) is 11.1. The van der Waals surface area contributed by atoms with Gasteiger partial charge in [0.05, 0.1) is 11.2 Å². The van der Waals surface area contributed by atoms with Gasteiger partial charge in [-0.1, -0.05) is 18.2 Å². The molecule has 3 rings (SSSR count). The fourth-order valence-electron chi connectivity index (χ4n) is 2.30. The Hall–Kier alpha value is -2.62. The average molecular weight is 265 g/mol. The summed E-state index contributed by atoms with van der Waals surface area (Å²) in [6, 6.07) is 14.0. The molecule has 4 heteroatoms. The van der Waals surface area contributed by atoms with E-state index >= 15 is 0 Å². The number of aromatic nitrogens is 2. The number of fused-ring (bicyclic) bond motifs is 1. The largest absolute Gasteiger partial charge is 0.326 e. The van der Waals surface area contributed by atoms with E-state index in [9.17, 15) is 4.79 Å². The molecule has 0 spiro atoms. The predicted octanol–water partition coefficient (Wildman–Crippen LogP) is 3.50. The lowest BCUT2D eigenvalue weighted by molar-refractivity contribution is -0.114. The maximum atomic E-state index is 11.1. The minimum atomic E-state index is -0.0664. The van der Waals surface area contributed by atoms with Gasteiger partial charge in [-0.2, -0.15) is 5.10 Å². The summed E-state index contributed by atoms with van der Waals surface area (Å²) >= 11 is 0. The van der Waals surface area contributed by atoms with Crippen LogP contribution in [0.3, 0.4) is 0 Å². The first-order valence-electron chi connectivity index (χ1n) is 6.46. The van der Waals surface area contributed by atoms with E-state index in [1.807, 2.05) is 43.3 Å². The number of benzene rings is 2. The summed E-state index contributed by atoms with van der Waals surface area (Å²) < 4.78 is 0. The second kappa shape index (κ2) is 4.81. The molecule has 0 aliphatic carbocycles. The number of anilines is 1. The zero-order valence-corrected chi connectivity index (χ0v) is 11.4. The van der Waals surface area contributed by atoms with Crippen molar-refractivity contribution in [3.05, 3.63) is 48.2 Å². The molecule has 0 unspecified atom stereocenters. The molecular weight excluding hydrogens is 250 g/mol. The number of hydrogen-bond donors (Lipinski definition) is 2. The number of nitrogens with zero attached hydrogens (tertiary/aromatic N) is 1. The van der Waals surface area contributed by atoms with Gasteiger partial charge in [0.15, 0.2) is 0 Å². The molecule has 0 saturated carbocycles. The Bertz CT molecular complexity index is 789. The second-order valence-corrected chi connectivity index (χ2v) is 4.83. The van der Waals surface area contributed by atoms with E-state index in [-0.39, 0.29) is 5.91 Å². The van der Waals surface area contributed by atoms with Crippen LogP contribution in [0.4, 0.5) is 5.69 Å². The third kappa shape index (κ3) is 2.28. The van der Waals surface area contributed by atoms with Crippen LogP contribution in [-0.4, -0.2) is 16.1 Å². The number of carbonyl (C=O) groups is 1. The van der Waals surface area contributed by atoms with Gasteiger partial charge in [-0.15, -0.1) is 0 Å². The van der Waals surface area contributed by atoms with E-state index in [1.165, 1.54) is 6.92 Å². The van der Waals surface area contributed by atoms with Crippen LogP contribution in [0, 0.1) is 6.92 Å². The fourth-order valence-corrected chi connectivity index (χ4v) is 2.30. The van der Waals surface area contributed by atoms with Crippen LogP contribution < -0.4 is 5.32 Å². The van der Waals surface area contributed by atoms with Crippen molar-refractivity contribution in [3.8, 4) is 11.1 Å². The number of rotatable bonds is 2. The SMILES string of the molecule is CC(=O)Nc1cccc(-c2ccc3[nH]nc(C)c3c2)c1. The smallest absolute Gasteiger partial charge is 0.221 e. The first-order valence-corrected chi connectivity index (χ1v) is 6.46. The lowest BCUT2D eigenvalue weighted by Crippen LogP contribution is -2.05. The number of carbonyl (C=O) groups excluding carboxylic acids is 1. The van der Waals surface area contributed by atoms with Crippen molar-refractivity contribution in [1.29, 1.82) is 0 Å². The average Bonchev–Trinajstić information content (AvgIpc) is 2.80. The van der Waals surface area contributed by atoms with Crippen LogP contribution in [0.25, 0.3) is 22.0 Å². The number of nitrogens with one attached hydrogen (secondary N) is 2. The molecule has 0 bridgehead atoms. The minimum absolute atomic E-state index is 0.0664. The van der Waals surface area contributed by atoms with Crippen molar-refractivity contribution in [2.24, 2.45) is 0 Å². The van der Waals surface area contributed by atoms with Crippen molar-refractivity contribution < 1.29 is 4.79 Å².